The molecule has 0 aliphatic heterocycles. The van der Waals surface area contributed by atoms with E-state index in [2.05, 4.69) is 10.0 Å². The summed E-state index contributed by atoms with van der Waals surface area (Å²) in [5, 5.41) is 3.43. The zero-order valence-electron chi connectivity index (χ0n) is 22.6. The summed E-state index contributed by atoms with van der Waals surface area (Å²) in [5.41, 5.74) is 0.619. The van der Waals surface area contributed by atoms with Crippen molar-refractivity contribution in [2.75, 3.05) is 17.1 Å². The highest BCUT2D eigenvalue weighted by molar-refractivity contribution is 7.87. The Balaban J connectivity index is 0.00000141. The average Bonchev–Trinajstić information content (AvgIpc) is 2.92. The van der Waals surface area contributed by atoms with Crippen LogP contribution >= 0.6 is 0 Å². The third-order valence-electron chi connectivity index (χ3n) is 5.35. The van der Waals surface area contributed by atoms with Gasteiger partial charge in [-0.3, -0.25) is 13.7 Å². The van der Waals surface area contributed by atoms with Crippen molar-refractivity contribution in [1.82, 2.24) is 0 Å². The van der Waals surface area contributed by atoms with Gasteiger partial charge in [0.05, 0.1) is 9.79 Å². The van der Waals surface area contributed by atoms with Crippen LogP contribution in [0, 0.1) is 0 Å². The van der Waals surface area contributed by atoms with E-state index >= 15 is 0 Å². The number of anilines is 2. The zero-order valence-corrected chi connectivity index (χ0v) is 25.9. The van der Waals surface area contributed by atoms with E-state index in [1.54, 1.807) is 31.3 Å². The monoisotopic (exact) mass is 646 g/mol. The first kappa shape index (κ1) is 34.1. The van der Waals surface area contributed by atoms with Crippen LogP contribution in [0.2, 0.25) is 0 Å². The lowest BCUT2D eigenvalue weighted by molar-refractivity contribution is 0.478. The zero-order chi connectivity index (χ0) is 31.3. The Morgan fingerprint density at radius 3 is 1.66 bits per heavy atom. The van der Waals surface area contributed by atoms with Gasteiger partial charge in [0.2, 0.25) is 0 Å². The van der Waals surface area contributed by atoms with Crippen LogP contribution in [0.5, 0.6) is 0 Å². The summed E-state index contributed by atoms with van der Waals surface area (Å²) in [4.78, 5) is -2.80. The van der Waals surface area contributed by atoms with Crippen LogP contribution in [-0.4, -0.2) is 50.2 Å². The van der Waals surface area contributed by atoms with Crippen molar-refractivity contribution in [3.8, 4) is 0 Å². The summed E-state index contributed by atoms with van der Waals surface area (Å²) >= 11 is 0. The summed E-state index contributed by atoms with van der Waals surface area (Å²) in [6, 6.07) is 13.2. The molecule has 0 aliphatic carbocycles. The van der Waals surface area contributed by atoms with Gasteiger partial charge >= 0.3 is 0 Å². The molecule has 4 aromatic carbocycles. The standard InChI is InChI=1S/C21H18N2O10S4.2C2H6/c1-22-14-4-2-13-7-16(5-3-12(13)6-14)34(24)23-15-8-18-19(20(9-15)36(28,29)30)10-17(35(25,26)27)11-21(18)37(31,32)33;2*1-2/h2-11,22-23H,1H3,(H,25,26,27)(H,28,29,30)(H,31,32,33);2*1-2H3. The summed E-state index contributed by atoms with van der Waals surface area (Å²) < 4.78 is 116. The Morgan fingerprint density at radius 2 is 1.12 bits per heavy atom. The van der Waals surface area contributed by atoms with Crippen LogP contribution in [0.15, 0.2) is 80.2 Å². The second kappa shape index (κ2) is 13.2. The topological polar surface area (TPSA) is 204 Å². The Morgan fingerprint density at radius 1 is 0.610 bits per heavy atom. The fourth-order valence-corrected chi connectivity index (χ4v) is 6.59. The molecule has 1 unspecified atom stereocenters. The number of benzene rings is 4. The molecule has 0 amide bonds. The lowest BCUT2D eigenvalue weighted by Gasteiger charge is -2.14. The molecular formula is C25H30N2O10S4. The third-order valence-corrected chi connectivity index (χ3v) is 9.07. The van der Waals surface area contributed by atoms with Crippen molar-refractivity contribution in [2.45, 2.75) is 47.3 Å². The smallest absolute Gasteiger partial charge is 0.295 e. The maximum Gasteiger partial charge on any atom is 0.295 e. The summed E-state index contributed by atoms with van der Waals surface area (Å²) in [6.45, 7) is 8.00. The maximum atomic E-state index is 13.0. The van der Waals surface area contributed by atoms with Gasteiger partial charge in [0.1, 0.15) is 20.8 Å². The molecule has 12 nitrogen and oxygen atoms in total. The Bertz CT molecular complexity index is 1940. The summed E-state index contributed by atoms with van der Waals surface area (Å²) in [5.74, 6) is 0. The van der Waals surface area contributed by atoms with Crippen molar-refractivity contribution in [3.63, 3.8) is 0 Å². The van der Waals surface area contributed by atoms with Gasteiger partial charge in [0.15, 0.2) is 0 Å². The average molecular weight is 647 g/mol. The van der Waals surface area contributed by atoms with Gasteiger partial charge in [-0.25, -0.2) is 4.21 Å². The van der Waals surface area contributed by atoms with Crippen molar-refractivity contribution in [1.29, 1.82) is 0 Å². The first-order valence-electron chi connectivity index (χ1n) is 12.0. The minimum absolute atomic E-state index is 0.242. The van der Waals surface area contributed by atoms with Crippen LogP contribution in [0.25, 0.3) is 21.5 Å². The molecular weight excluding hydrogens is 617 g/mol. The van der Waals surface area contributed by atoms with Crippen LogP contribution in [-0.2, 0) is 41.3 Å². The normalized spacial score (nSPS) is 12.5. The summed E-state index contributed by atoms with van der Waals surface area (Å²) in [7, 11) is -15.6. The van der Waals surface area contributed by atoms with Gasteiger partial charge in [-0.2, -0.15) is 25.3 Å². The second-order valence-corrected chi connectivity index (χ2v) is 13.2. The molecule has 41 heavy (non-hydrogen) atoms. The molecule has 0 bridgehead atoms. The van der Waals surface area contributed by atoms with Crippen molar-refractivity contribution in [3.05, 3.63) is 60.7 Å². The van der Waals surface area contributed by atoms with E-state index in [-0.39, 0.29) is 10.6 Å². The SMILES string of the molecule is CC.CC.CNc1ccc2cc(S(=O)Nc3cc(S(=O)(=O)O)c4cc(S(=O)(=O)O)cc(S(=O)(=O)O)c4c3)ccc2c1. The number of rotatable bonds is 7. The van der Waals surface area contributed by atoms with Gasteiger partial charge in [0.25, 0.3) is 30.4 Å². The molecule has 0 aromatic heterocycles. The van der Waals surface area contributed by atoms with Gasteiger partial charge in [-0.1, -0.05) is 39.8 Å². The van der Waals surface area contributed by atoms with E-state index in [4.69, 9.17) is 0 Å². The Hall–Kier alpha value is -3.12. The van der Waals surface area contributed by atoms with E-state index in [1.165, 1.54) is 0 Å². The molecule has 16 heteroatoms. The van der Waals surface area contributed by atoms with Crippen LogP contribution in [0.4, 0.5) is 11.4 Å². The minimum Gasteiger partial charge on any atom is -0.388 e. The predicted molar refractivity (Wildman–Crippen MR) is 160 cm³/mol. The molecule has 1 atom stereocenters. The van der Waals surface area contributed by atoms with Gasteiger partial charge < -0.3 is 10.0 Å². The molecule has 5 N–H and O–H groups in total. The van der Waals surface area contributed by atoms with E-state index in [0.29, 0.717) is 12.1 Å². The fraction of sp³-hybridized carbons (Fsp3) is 0.200. The Kier molecular flexibility index (Phi) is 11.0. The lowest BCUT2D eigenvalue weighted by Crippen LogP contribution is -2.09. The van der Waals surface area contributed by atoms with E-state index < -0.39 is 66.8 Å². The second-order valence-electron chi connectivity index (χ2n) is 7.76. The minimum atomic E-state index is -5.16. The number of hydrogen-bond acceptors (Lipinski definition) is 8. The van der Waals surface area contributed by atoms with Crippen molar-refractivity contribution in [2.24, 2.45) is 0 Å². The molecule has 0 fully saturated rings. The first-order chi connectivity index (χ1) is 19.1. The number of hydrogen-bond donors (Lipinski definition) is 5. The molecule has 4 rings (SSSR count). The first-order valence-corrected chi connectivity index (χ1v) is 17.5. The largest absolute Gasteiger partial charge is 0.388 e. The number of nitrogens with one attached hydrogen (secondary N) is 2. The molecule has 0 heterocycles. The van der Waals surface area contributed by atoms with Gasteiger partial charge in [-0.15, -0.1) is 0 Å². The molecule has 0 saturated heterocycles. The summed E-state index contributed by atoms with van der Waals surface area (Å²) in [6.07, 6.45) is 0. The molecule has 0 spiro atoms. The van der Waals surface area contributed by atoms with Crippen LogP contribution in [0.3, 0.4) is 0 Å². The molecule has 224 valence electrons. The van der Waals surface area contributed by atoms with Crippen LogP contribution < -0.4 is 10.0 Å². The predicted octanol–water partition coefficient (Wildman–Crippen LogP) is 4.96. The van der Waals surface area contributed by atoms with E-state index in [9.17, 15) is 43.1 Å². The molecule has 0 saturated carbocycles. The fourth-order valence-electron chi connectivity index (χ4n) is 3.67. The van der Waals surface area contributed by atoms with Gasteiger partial charge in [0, 0.05) is 29.2 Å². The highest BCUT2D eigenvalue weighted by atomic mass is 32.2. The Labute approximate surface area is 241 Å². The quantitative estimate of drug-likeness (QED) is 0.170. The van der Waals surface area contributed by atoms with Gasteiger partial charge in [-0.05, 0) is 59.3 Å². The number of fused-ring (bicyclic) bond motifs is 2. The lowest BCUT2D eigenvalue weighted by atomic mass is 10.1. The maximum absolute atomic E-state index is 13.0. The highest BCUT2D eigenvalue weighted by Gasteiger charge is 2.26. The third kappa shape index (κ3) is 8.00. The van der Waals surface area contributed by atoms with Crippen molar-refractivity contribution >= 4 is 74.3 Å². The van der Waals surface area contributed by atoms with E-state index in [1.807, 2.05) is 39.8 Å². The molecule has 4 aromatic rings. The highest BCUT2D eigenvalue weighted by Crippen LogP contribution is 2.35. The molecule has 0 aliphatic rings. The molecule has 0 radical (unpaired) electrons. The van der Waals surface area contributed by atoms with Crippen LogP contribution in [0.1, 0.15) is 27.7 Å². The van der Waals surface area contributed by atoms with E-state index in [0.717, 1.165) is 28.6 Å². The van der Waals surface area contributed by atoms with Crippen molar-refractivity contribution < 1.29 is 43.1 Å².